The van der Waals surface area contributed by atoms with Gasteiger partial charge in [0.2, 0.25) is 0 Å². The second-order valence-electron chi connectivity index (χ2n) is 7.19. The number of rotatable bonds is 9. The molecule has 3 rings (SSSR count). The zero-order valence-electron chi connectivity index (χ0n) is 17.4. The molecule has 1 aliphatic heterocycles. The summed E-state index contributed by atoms with van der Waals surface area (Å²) in [6.07, 6.45) is 0.327. The van der Waals surface area contributed by atoms with Crippen molar-refractivity contribution >= 4 is 35.7 Å². The Hall–Kier alpha value is -2.19. The quantitative estimate of drug-likeness (QED) is 0.520. The Morgan fingerprint density at radius 3 is 2.74 bits per heavy atom. The Kier molecular flexibility index (Phi) is 10.2. The second kappa shape index (κ2) is 12.6. The van der Waals surface area contributed by atoms with Gasteiger partial charge in [-0.25, -0.2) is 4.79 Å². The lowest BCUT2D eigenvalue weighted by Gasteiger charge is -2.21. The number of urea groups is 1. The highest BCUT2D eigenvalue weighted by Gasteiger charge is 2.25. The summed E-state index contributed by atoms with van der Waals surface area (Å²) in [6.45, 7) is 4.60. The first-order chi connectivity index (χ1) is 14.5. The molecule has 1 fully saturated rings. The van der Waals surface area contributed by atoms with Gasteiger partial charge in [0.1, 0.15) is 30.3 Å². The van der Waals surface area contributed by atoms with E-state index in [-0.39, 0.29) is 31.1 Å². The van der Waals surface area contributed by atoms with E-state index in [1.807, 2.05) is 43.3 Å². The zero-order chi connectivity index (χ0) is 21.3. The van der Waals surface area contributed by atoms with Crippen LogP contribution in [-0.4, -0.2) is 61.0 Å². The van der Waals surface area contributed by atoms with Crippen LogP contribution in [-0.2, 0) is 0 Å². The molecule has 7 nitrogen and oxygen atoms in total. The van der Waals surface area contributed by atoms with E-state index in [0.29, 0.717) is 29.5 Å². The maximum Gasteiger partial charge on any atom is 0.319 e. The smallest absolute Gasteiger partial charge is 0.319 e. The lowest BCUT2D eigenvalue weighted by molar-refractivity contribution is 0.0723. The van der Waals surface area contributed by atoms with Gasteiger partial charge in [-0.2, -0.15) is 0 Å². The third-order valence-corrected chi connectivity index (χ3v) is 4.97. The molecular formula is C22H29Cl2N3O4. The zero-order valence-corrected chi connectivity index (χ0v) is 19.0. The normalized spacial score (nSPS) is 16.8. The van der Waals surface area contributed by atoms with Crippen molar-refractivity contribution in [1.82, 2.24) is 10.2 Å². The van der Waals surface area contributed by atoms with Crippen LogP contribution in [0.2, 0.25) is 5.02 Å². The van der Waals surface area contributed by atoms with Crippen LogP contribution in [0.1, 0.15) is 13.3 Å². The number of β-amino-alcohol motifs (C(OH)–C–C–N with tert-alkyl or cyclic N) is 1. The Labute approximate surface area is 194 Å². The van der Waals surface area contributed by atoms with Gasteiger partial charge in [-0.15, -0.1) is 12.4 Å². The van der Waals surface area contributed by atoms with Crippen LogP contribution in [0, 0.1) is 0 Å². The first-order valence-electron chi connectivity index (χ1n) is 10.1. The van der Waals surface area contributed by atoms with E-state index in [0.717, 1.165) is 25.3 Å². The lowest BCUT2D eigenvalue weighted by atomic mass is 10.3. The van der Waals surface area contributed by atoms with Crippen molar-refractivity contribution in [2.45, 2.75) is 25.6 Å². The fraction of sp³-hybridized carbons (Fsp3) is 0.409. The maximum atomic E-state index is 11.8. The molecular weight excluding hydrogens is 441 g/mol. The first-order valence-corrected chi connectivity index (χ1v) is 10.5. The molecule has 2 unspecified atom stereocenters. The third-order valence-electron chi connectivity index (χ3n) is 4.72. The Morgan fingerprint density at radius 1 is 1.26 bits per heavy atom. The SMILES string of the molecule is CCNC(=O)Nc1ccccc1OCC(O)CN1CCC(Oc2ccc(Cl)cc2)C1.Cl. The van der Waals surface area contributed by atoms with Crippen molar-refractivity contribution < 1.29 is 19.4 Å². The molecule has 2 atom stereocenters. The van der Waals surface area contributed by atoms with Gasteiger partial charge < -0.3 is 25.2 Å². The van der Waals surface area contributed by atoms with Gasteiger partial charge in [-0.05, 0) is 49.7 Å². The topological polar surface area (TPSA) is 83.1 Å². The minimum atomic E-state index is -0.656. The number of likely N-dealkylation sites (tertiary alicyclic amines) is 1. The number of ether oxygens (including phenoxy) is 2. The van der Waals surface area contributed by atoms with E-state index in [4.69, 9.17) is 21.1 Å². The van der Waals surface area contributed by atoms with Crippen molar-refractivity contribution in [3.05, 3.63) is 53.6 Å². The number of carbonyl (C=O) groups excluding carboxylic acids is 1. The minimum absolute atomic E-state index is 0. The van der Waals surface area contributed by atoms with Crippen LogP contribution in [0.15, 0.2) is 48.5 Å². The van der Waals surface area contributed by atoms with Crippen molar-refractivity contribution in [1.29, 1.82) is 0 Å². The predicted octanol–water partition coefficient (Wildman–Crippen LogP) is 3.80. The average Bonchev–Trinajstić information content (AvgIpc) is 3.16. The number of amides is 2. The van der Waals surface area contributed by atoms with E-state index in [2.05, 4.69) is 15.5 Å². The van der Waals surface area contributed by atoms with Gasteiger partial charge in [0, 0.05) is 31.2 Å². The minimum Gasteiger partial charge on any atom is -0.489 e. The molecule has 0 radical (unpaired) electrons. The van der Waals surface area contributed by atoms with Gasteiger partial charge in [0.25, 0.3) is 0 Å². The fourth-order valence-electron chi connectivity index (χ4n) is 3.32. The number of nitrogens with one attached hydrogen (secondary N) is 2. The summed E-state index contributed by atoms with van der Waals surface area (Å²) in [5.74, 6) is 1.32. The summed E-state index contributed by atoms with van der Waals surface area (Å²) >= 11 is 5.90. The third kappa shape index (κ3) is 8.10. The number of anilines is 1. The van der Waals surface area contributed by atoms with Crippen LogP contribution in [0.5, 0.6) is 11.5 Å². The Morgan fingerprint density at radius 2 is 2.00 bits per heavy atom. The van der Waals surface area contributed by atoms with E-state index in [1.165, 1.54) is 0 Å². The number of nitrogens with zero attached hydrogens (tertiary/aromatic N) is 1. The molecule has 0 spiro atoms. The van der Waals surface area contributed by atoms with E-state index < -0.39 is 6.10 Å². The largest absolute Gasteiger partial charge is 0.489 e. The molecule has 2 aromatic carbocycles. The number of hydrogen-bond donors (Lipinski definition) is 3. The standard InChI is InChI=1S/C22H28ClN3O4.ClH/c1-2-24-22(28)25-20-5-3-4-6-21(20)29-15-17(27)13-26-12-11-19(14-26)30-18-9-7-16(23)8-10-18;/h3-10,17,19,27H,2,11-15H2,1H3,(H2,24,25,28);1H. The molecule has 0 aliphatic carbocycles. The molecule has 0 saturated carbocycles. The summed E-state index contributed by atoms with van der Waals surface area (Å²) in [5, 5.41) is 16.5. The van der Waals surface area contributed by atoms with Crippen molar-refractivity contribution in [2.75, 3.05) is 38.1 Å². The highest BCUT2D eigenvalue weighted by molar-refractivity contribution is 6.30. The Bertz CT molecular complexity index is 823. The van der Waals surface area contributed by atoms with Gasteiger partial charge >= 0.3 is 6.03 Å². The van der Waals surface area contributed by atoms with Crippen molar-refractivity contribution in [3.8, 4) is 11.5 Å². The van der Waals surface area contributed by atoms with Crippen molar-refractivity contribution in [3.63, 3.8) is 0 Å². The first kappa shape index (κ1) is 25.1. The van der Waals surface area contributed by atoms with Crippen LogP contribution >= 0.6 is 24.0 Å². The van der Waals surface area contributed by atoms with Crippen molar-refractivity contribution in [2.24, 2.45) is 0 Å². The van der Waals surface area contributed by atoms with Gasteiger partial charge in [0.15, 0.2) is 0 Å². The molecule has 1 heterocycles. The average molecular weight is 470 g/mol. The predicted molar refractivity (Wildman–Crippen MR) is 125 cm³/mol. The molecule has 170 valence electrons. The summed E-state index contributed by atoms with van der Waals surface area (Å²) in [7, 11) is 0. The number of aliphatic hydroxyl groups is 1. The van der Waals surface area contributed by atoms with Crippen LogP contribution in [0.4, 0.5) is 10.5 Å². The molecule has 3 N–H and O–H groups in total. The van der Waals surface area contributed by atoms with Crippen LogP contribution in [0.3, 0.4) is 0 Å². The summed E-state index contributed by atoms with van der Waals surface area (Å²) in [4.78, 5) is 13.9. The number of benzene rings is 2. The van der Waals surface area contributed by atoms with Crippen LogP contribution < -0.4 is 20.1 Å². The highest BCUT2D eigenvalue weighted by Crippen LogP contribution is 2.24. The van der Waals surface area contributed by atoms with E-state index >= 15 is 0 Å². The second-order valence-corrected chi connectivity index (χ2v) is 7.62. The molecule has 0 aromatic heterocycles. The van der Waals surface area contributed by atoms with E-state index in [1.54, 1.807) is 12.1 Å². The molecule has 2 aromatic rings. The molecule has 0 bridgehead atoms. The lowest BCUT2D eigenvalue weighted by Crippen LogP contribution is -2.35. The summed E-state index contributed by atoms with van der Waals surface area (Å²) in [5.41, 5.74) is 0.563. The highest BCUT2D eigenvalue weighted by atomic mass is 35.5. The maximum absolute atomic E-state index is 11.8. The van der Waals surface area contributed by atoms with Gasteiger partial charge in [-0.3, -0.25) is 4.90 Å². The van der Waals surface area contributed by atoms with Gasteiger partial charge in [-0.1, -0.05) is 23.7 Å². The van der Waals surface area contributed by atoms with Crippen LogP contribution in [0.25, 0.3) is 0 Å². The molecule has 2 amide bonds. The molecule has 1 aliphatic rings. The summed E-state index contributed by atoms with van der Waals surface area (Å²) < 4.78 is 11.7. The number of carbonyl (C=O) groups is 1. The molecule has 9 heteroatoms. The number of hydrogen-bond acceptors (Lipinski definition) is 5. The van der Waals surface area contributed by atoms with Gasteiger partial charge in [0.05, 0.1) is 5.69 Å². The number of halogens is 2. The summed E-state index contributed by atoms with van der Waals surface area (Å²) in [6, 6.07) is 14.2. The fourth-order valence-corrected chi connectivity index (χ4v) is 3.45. The van der Waals surface area contributed by atoms with E-state index in [9.17, 15) is 9.90 Å². The molecule has 31 heavy (non-hydrogen) atoms. The molecule has 1 saturated heterocycles. The monoisotopic (exact) mass is 469 g/mol. The number of para-hydroxylation sites is 2. The number of aliphatic hydroxyl groups excluding tert-OH is 1. The Balaban J connectivity index is 0.00000341.